The van der Waals surface area contributed by atoms with E-state index in [1.54, 1.807) is 40.9 Å². The summed E-state index contributed by atoms with van der Waals surface area (Å²) < 4.78 is 8.04. The number of hydrogen-bond acceptors (Lipinski definition) is 6. The predicted octanol–water partition coefficient (Wildman–Crippen LogP) is 4.92. The summed E-state index contributed by atoms with van der Waals surface area (Å²) in [6, 6.07) is 1.48. The lowest BCUT2D eigenvalue weighted by Crippen LogP contribution is -2.37. The van der Waals surface area contributed by atoms with Crippen LogP contribution in [0.25, 0.3) is 22.7 Å². The maximum atomic E-state index is 12.7. The molecule has 0 saturated carbocycles. The number of ether oxygens (including phenoxy) is 1. The number of nitrogen functional groups attached to an aromatic ring is 1. The van der Waals surface area contributed by atoms with Gasteiger partial charge in [0.15, 0.2) is 5.65 Å². The molecule has 36 heavy (non-hydrogen) atoms. The number of benzene rings is 1. The first-order valence-corrected chi connectivity index (χ1v) is 12.0. The Morgan fingerprint density at radius 3 is 2.81 bits per heavy atom. The molecular weight excluding hydrogens is 478 g/mol. The normalized spacial score (nSPS) is 14.1. The quantitative estimate of drug-likeness (QED) is 0.508. The number of rotatable bonds is 6. The number of halogens is 1. The van der Waals surface area contributed by atoms with Gasteiger partial charge in [0.05, 0.1) is 30.3 Å². The molecule has 1 unspecified atom stereocenters. The molecule has 4 rings (SSSR count). The summed E-state index contributed by atoms with van der Waals surface area (Å²) in [5.74, 6) is 1.03. The maximum Gasteiger partial charge on any atom is 0.323 e. The number of carbonyl (C=O) groups is 1. The number of hydrogen-bond donors (Lipinski definition) is 1. The number of urea groups is 1. The van der Waals surface area contributed by atoms with Crippen molar-refractivity contribution in [2.75, 3.05) is 33.0 Å². The summed E-state index contributed by atoms with van der Waals surface area (Å²) >= 11 is 6.79. The Balaban J connectivity index is 1.89. The summed E-state index contributed by atoms with van der Waals surface area (Å²) in [6.45, 7) is 10.6. The standard InChI is InChI=1S/C26H30ClN7O2/c1-7-20-22-24(28)29-14-30-25(22)34(31-20)16(4)18-12-19(27)15(3)21(23(18)36-8-2)17-10-9-11-33(13-17)26(35)32(5)6/h7,9-12,14,16H,1,8,13H2,2-6H3,(H2,28,29,30). The van der Waals surface area contributed by atoms with Crippen LogP contribution in [0, 0.1) is 6.92 Å². The van der Waals surface area contributed by atoms with Crippen LogP contribution in [0.5, 0.6) is 5.75 Å². The Hall–Kier alpha value is -3.85. The minimum atomic E-state index is -0.312. The molecule has 0 radical (unpaired) electrons. The van der Waals surface area contributed by atoms with Crippen LogP contribution in [0.15, 0.2) is 37.3 Å². The van der Waals surface area contributed by atoms with Gasteiger partial charge in [-0.25, -0.2) is 19.4 Å². The van der Waals surface area contributed by atoms with Crippen LogP contribution >= 0.6 is 11.6 Å². The fourth-order valence-corrected chi connectivity index (χ4v) is 4.62. The van der Waals surface area contributed by atoms with Gasteiger partial charge in [-0.15, -0.1) is 0 Å². The van der Waals surface area contributed by atoms with Gasteiger partial charge in [0, 0.05) is 36.4 Å². The molecule has 9 nitrogen and oxygen atoms in total. The van der Waals surface area contributed by atoms with E-state index in [1.807, 2.05) is 39.0 Å². The number of fused-ring (bicyclic) bond motifs is 1. The van der Waals surface area contributed by atoms with E-state index in [2.05, 4.69) is 16.5 Å². The molecule has 2 N–H and O–H groups in total. The first-order valence-electron chi connectivity index (χ1n) is 11.6. The Bertz CT molecular complexity index is 1410. The SMILES string of the molecule is C=Cc1nn(C(C)c2cc(Cl)c(C)c(C3=CC=CN(C(=O)N(C)C)C3)c2OCC)c2ncnc(N)c12. The fraction of sp³-hybridized carbons (Fsp3) is 0.308. The van der Waals surface area contributed by atoms with E-state index in [9.17, 15) is 4.79 Å². The van der Waals surface area contributed by atoms with Gasteiger partial charge in [0.25, 0.3) is 0 Å². The number of amides is 2. The van der Waals surface area contributed by atoms with E-state index in [0.717, 1.165) is 22.3 Å². The van der Waals surface area contributed by atoms with Crippen LogP contribution in [0.3, 0.4) is 0 Å². The van der Waals surface area contributed by atoms with Crippen molar-refractivity contribution in [1.82, 2.24) is 29.5 Å². The largest absolute Gasteiger partial charge is 0.493 e. The van der Waals surface area contributed by atoms with E-state index in [1.165, 1.54) is 6.33 Å². The molecular formula is C26H30ClN7O2. The third-order valence-corrected chi connectivity index (χ3v) is 6.59. The number of nitrogens with zero attached hydrogens (tertiary/aromatic N) is 6. The van der Waals surface area contributed by atoms with Crippen LogP contribution in [-0.2, 0) is 0 Å². The molecule has 3 heterocycles. The summed E-state index contributed by atoms with van der Waals surface area (Å²) in [6.07, 6.45) is 8.67. The molecule has 0 aliphatic carbocycles. The lowest BCUT2D eigenvalue weighted by molar-refractivity contribution is 0.192. The molecule has 0 saturated heterocycles. The van der Waals surface area contributed by atoms with Crippen molar-refractivity contribution in [3.63, 3.8) is 0 Å². The molecule has 1 aliphatic heterocycles. The van der Waals surface area contributed by atoms with Crippen molar-refractivity contribution >= 4 is 46.1 Å². The van der Waals surface area contributed by atoms with Gasteiger partial charge < -0.3 is 15.4 Å². The van der Waals surface area contributed by atoms with E-state index in [4.69, 9.17) is 27.2 Å². The van der Waals surface area contributed by atoms with Crippen molar-refractivity contribution in [3.8, 4) is 5.75 Å². The number of carbonyl (C=O) groups excluding carboxylic acids is 1. The summed E-state index contributed by atoms with van der Waals surface area (Å²) in [4.78, 5) is 24.4. The molecule has 188 valence electrons. The van der Waals surface area contributed by atoms with Crippen LogP contribution in [-0.4, -0.2) is 62.8 Å². The van der Waals surface area contributed by atoms with Crippen molar-refractivity contribution in [1.29, 1.82) is 0 Å². The maximum absolute atomic E-state index is 12.7. The highest BCUT2D eigenvalue weighted by Gasteiger charge is 2.28. The smallest absolute Gasteiger partial charge is 0.323 e. The van der Waals surface area contributed by atoms with E-state index in [0.29, 0.717) is 46.5 Å². The molecule has 0 bridgehead atoms. The Morgan fingerprint density at radius 2 is 2.14 bits per heavy atom. The molecule has 2 aromatic heterocycles. The lowest BCUT2D eigenvalue weighted by atomic mass is 9.92. The van der Waals surface area contributed by atoms with Gasteiger partial charge in [-0.2, -0.15) is 5.10 Å². The average molecular weight is 508 g/mol. The van der Waals surface area contributed by atoms with Gasteiger partial charge in [-0.3, -0.25) is 4.90 Å². The van der Waals surface area contributed by atoms with Crippen molar-refractivity contribution < 1.29 is 9.53 Å². The van der Waals surface area contributed by atoms with Crippen LogP contribution in [0.4, 0.5) is 10.6 Å². The highest BCUT2D eigenvalue weighted by molar-refractivity contribution is 6.31. The van der Waals surface area contributed by atoms with Crippen LogP contribution < -0.4 is 10.5 Å². The van der Waals surface area contributed by atoms with E-state index < -0.39 is 0 Å². The highest BCUT2D eigenvalue weighted by atomic mass is 35.5. The number of anilines is 1. The summed E-state index contributed by atoms with van der Waals surface area (Å²) in [5, 5.41) is 5.96. The highest BCUT2D eigenvalue weighted by Crippen LogP contribution is 2.42. The Labute approximate surface area is 215 Å². The third-order valence-electron chi connectivity index (χ3n) is 6.20. The Morgan fingerprint density at radius 1 is 1.39 bits per heavy atom. The minimum absolute atomic E-state index is 0.111. The zero-order chi connectivity index (χ0) is 26.1. The van der Waals surface area contributed by atoms with E-state index in [-0.39, 0.29) is 12.1 Å². The second-order valence-electron chi connectivity index (χ2n) is 8.72. The Kier molecular flexibility index (Phi) is 7.03. The van der Waals surface area contributed by atoms with Crippen LogP contribution in [0.2, 0.25) is 5.02 Å². The first-order chi connectivity index (χ1) is 17.2. The predicted molar refractivity (Wildman–Crippen MR) is 144 cm³/mol. The number of allylic oxidation sites excluding steroid dienone is 2. The second kappa shape index (κ2) is 10.0. The van der Waals surface area contributed by atoms with Gasteiger partial charge in [-0.1, -0.05) is 24.3 Å². The zero-order valence-corrected chi connectivity index (χ0v) is 21.9. The van der Waals surface area contributed by atoms with Gasteiger partial charge in [0.2, 0.25) is 0 Å². The molecule has 10 heteroatoms. The molecule has 3 aromatic rings. The molecule has 0 fully saturated rings. The molecule has 1 atom stereocenters. The third kappa shape index (κ3) is 4.30. The lowest BCUT2D eigenvalue weighted by Gasteiger charge is -2.29. The summed E-state index contributed by atoms with van der Waals surface area (Å²) in [5.41, 5.74) is 10.8. The topological polar surface area (TPSA) is 102 Å². The molecule has 0 spiro atoms. The van der Waals surface area contributed by atoms with Crippen molar-refractivity contribution in [2.45, 2.75) is 26.8 Å². The number of aromatic nitrogens is 4. The van der Waals surface area contributed by atoms with Crippen molar-refractivity contribution in [3.05, 3.63) is 64.7 Å². The van der Waals surface area contributed by atoms with E-state index >= 15 is 0 Å². The second-order valence-corrected chi connectivity index (χ2v) is 9.12. The minimum Gasteiger partial charge on any atom is -0.493 e. The first kappa shape index (κ1) is 25.2. The fourth-order valence-electron chi connectivity index (χ4n) is 4.41. The zero-order valence-electron chi connectivity index (χ0n) is 21.1. The summed E-state index contributed by atoms with van der Waals surface area (Å²) in [7, 11) is 3.46. The number of nitrogens with two attached hydrogens (primary N) is 1. The van der Waals surface area contributed by atoms with Crippen molar-refractivity contribution in [2.24, 2.45) is 0 Å². The van der Waals surface area contributed by atoms with Gasteiger partial charge >= 0.3 is 6.03 Å². The molecule has 1 aromatic carbocycles. The van der Waals surface area contributed by atoms with Gasteiger partial charge in [-0.05, 0) is 50.1 Å². The molecule has 2 amide bonds. The van der Waals surface area contributed by atoms with Crippen LogP contribution in [0.1, 0.15) is 42.3 Å². The molecule has 1 aliphatic rings. The monoisotopic (exact) mass is 507 g/mol. The van der Waals surface area contributed by atoms with Gasteiger partial charge in [0.1, 0.15) is 17.9 Å². The average Bonchev–Trinajstić information content (AvgIpc) is 3.25.